The Balaban J connectivity index is 1.47. The molecule has 1 fully saturated rings. The predicted octanol–water partition coefficient (Wildman–Crippen LogP) is 4.39. The van der Waals surface area contributed by atoms with Crippen LogP contribution in [0.5, 0.6) is 11.5 Å². The molecule has 2 heterocycles. The Morgan fingerprint density at radius 2 is 1.78 bits per heavy atom. The van der Waals surface area contributed by atoms with Crippen LogP contribution in [-0.2, 0) is 11.3 Å². The van der Waals surface area contributed by atoms with Gasteiger partial charge in [-0.2, -0.15) is 4.98 Å². The molecular weight excluding hydrogens is 342 g/mol. The molecule has 3 aromatic rings. The number of nitrogens with zero attached hydrogens (tertiary/aromatic N) is 3. The number of para-hydroxylation sites is 3. The molecule has 1 saturated heterocycles. The second-order valence-corrected chi connectivity index (χ2v) is 6.67. The molecule has 1 aromatic heterocycles. The molecule has 0 amide bonds. The average molecular weight is 365 g/mol. The molecule has 140 valence electrons. The third-order valence-corrected chi connectivity index (χ3v) is 4.68. The van der Waals surface area contributed by atoms with Gasteiger partial charge in [0.15, 0.2) is 11.6 Å². The highest BCUT2D eigenvalue weighted by atomic mass is 16.5. The molecule has 1 aliphatic heterocycles. The maximum Gasteiger partial charge on any atom is 0.229 e. The van der Waals surface area contributed by atoms with Gasteiger partial charge in [-0.1, -0.05) is 35.5 Å². The van der Waals surface area contributed by atoms with Crippen LogP contribution in [0, 0.1) is 0 Å². The molecule has 0 unspecified atom stereocenters. The Hall–Kier alpha value is -2.86. The first-order valence-electron chi connectivity index (χ1n) is 9.23. The van der Waals surface area contributed by atoms with Gasteiger partial charge in [0.05, 0.1) is 12.2 Å². The summed E-state index contributed by atoms with van der Waals surface area (Å²) in [6.45, 7) is 2.06. The lowest BCUT2D eigenvalue weighted by atomic mass is 10.0. The van der Waals surface area contributed by atoms with Crippen molar-refractivity contribution in [1.29, 1.82) is 0 Å². The van der Waals surface area contributed by atoms with E-state index in [1.54, 1.807) is 0 Å². The topological polar surface area (TPSA) is 60.6 Å². The van der Waals surface area contributed by atoms with E-state index in [0.29, 0.717) is 18.3 Å². The van der Waals surface area contributed by atoms with Gasteiger partial charge < -0.3 is 18.9 Å². The largest absolute Gasteiger partial charge is 0.455 e. The number of ether oxygens (including phenoxy) is 2. The first-order chi connectivity index (χ1) is 13.3. The van der Waals surface area contributed by atoms with Crippen molar-refractivity contribution in [2.24, 2.45) is 0 Å². The summed E-state index contributed by atoms with van der Waals surface area (Å²) in [5.74, 6) is 3.29. The lowest BCUT2D eigenvalue weighted by Gasteiger charge is -2.21. The van der Waals surface area contributed by atoms with Crippen LogP contribution in [0.3, 0.4) is 0 Å². The zero-order chi connectivity index (χ0) is 18.5. The molecule has 0 N–H and O–H groups in total. The molecule has 2 aromatic carbocycles. The van der Waals surface area contributed by atoms with Crippen molar-refractivity contribution >= 4 is 5.69 Å². The second-order valence-electron chi connectivity index (χ2n) is 6.67. The van der Waals surface area contributed by atoms with Crippen LogP contribution >= 0.6 is 0 Å². The van der Waals surface area contributed by atoms with Gasteiger partial charge in [-0.05, 0) is 37.1 Å². The van der Waals surface area contributed by atoms with E-state index in [1.165, 1.54) is 0 Å². The van der Waals surface area contributed by atoms with Crippen molar-refractivity contribution in [3.8, 4) is 11.5 Å². The number of aromatic nitrogens is 2. The number of rotatable bonds is 6. The van der Waals surface area contributed by atoms with E-state index in [2.05, 4.69) is 15.0 Å². The summed E-state index contributed by atoms with van der Waals surface area (Å²) >= 11 is 0. The Kier molecular flexibility index (Phi) is 5.34. The monoisotopic (exact) mass is 365 g/mol. The molecule has 0 saturated carbocycles. The lowest BCUT2D eigenvalue weighted by molar-refractivity contribution is 0.0778. The van der Waals surface area contributed by atoms with E-state index in [-0.39, 0.29) is 0 Å². The van der Waals surface area contributed by atoms with Crippen LogP contribution in [0.1, 0.15) is 30.5 Å². The number of hydrogen-bond acceptors (Lipinski definition) is 6. The van der Waals surface area contributed by atoms with Gasteiger partial charge in [-0.15, -0.1) is 0 Å². The Morgan fingerprint density at radius 3 is 2.59 bits per heavy atom. The van der Waals surface area contributed by atoms with E-state index in [4.69, 9.17) is 14.0 Å². The minimum Gasteiger partial charge on any atom is -0.455 e. The SMILES string of the molecule is CN(Cc1noc(C2CCOCC2)n1)c1ccccc1Oc1ccccc1. The van der Waals surface area contributed by atoms with Crippen LogP contribution in [0.2, 0.25) is 0 Å². The second kappa shape index (κ2) is 8.22. The first-order valence-corrected chi connectivity index (χ1v) is 9.23. The summed E-state index contributed by atoms with van der Waals surface area (Å²) in [6.07, 6.45) is 1.87. The van der Waals surface area contributed by atoms with Crippen molar-refractivity contribution in [3.63, 3.8) is 0 Å². The lowest BCUT2D eigenvalue weighted by Crippen LogP contribution is -2.18. The predicted molar refractivity (Wildman–Crippen MR) is 102 cm³/mol. The Bertz CT molecular complexity index is 860. The van der Waals surface area contributed by atoms with Crippen LogP contribution < -0.4 is 9.64 Å². The highest BCUT2D eigenvalue weighted by Gasteiger charge is 2.22. The van der Waals surface area contributed by atoms with Gasteiger partial charge in [0, 0.05) is 26.2 Å². The maximum atomic E-state index is 6.05. The van der Waals surface area contributed by atoms with Crippen molar-refractivity contribution in [1.82, 2.24) is 10.1 Å². The molecule has 27 heavy (non-hydrogen) atoms. The van der Waals surface area contributed by atoms with Gasteiger partial charge in [-0.3, -0.25) is 0 Å². The van der Waals surface area contributed by atoms with Gasteiger partial charge in [-0.25, -0.2) is 0 Å². The van der Waals surface area contributed by atoms with E-state index in [1.807, 2.05) is 61.6 Å². The summed E-state index contributed by atoms with van der Waals surface area (Å²) in [6, 6.07) is 17.7. The minimum atomic E-state index is 0.305. The molecule has 0 atom stereocenters. The zero-order valence-electron chi connectivity index (χ0n) is 15.4. The van der Waals surface area contributed by atoms with E-state index in [0.717, 1.165) is 49.1 Å². The van der Waals surface area contributed by atoms with Crippen molar-refractivity contribution in [3.05, 3.63) is 66.3 Å². The molecule has 0 spiro atoms. The number of hydrogen-bond donors (Lipinski definition) is 0. The van der Waals surface area contributed by atoms with E-state index in [9.17, 15) is 0 Å². The van der Waals surface area contributed by atoms with Gasteiger partial charge in [0.25, 0.3) is 0 Å². The van der Waals surface area contributed by atoms with Gasteiger partial charge in [0.1, 0.15) is 5.75 Å². The van der Waals surface area contributed by atoms with Gasteiger partial charge in [0.2, 0.25) is 5.89 Å². The smallest absolute Gasteiger partial charge is 0.229 e. The molecule has 0 aliphatic carbocycles. The highest BCUT2D eigenvalue weighted by Crippen LogP contribution is 2.32. The van der Waals surface area contributed by atoms with Crippen molar-refractivity contribution < 1.29 is 14.0 Å². The molecule has 0 bridgehead atoms. The van der Waals surface area contributed by atoms with Crippen LogP contribution in [0.25, 0.3) is 0 Å². The van der Waals surface area contributed by atoms with E-state index < -0.39 is 0 Å². The van der Waals surface area contributed by atoms with Gasteiger partial charge >= 0.3 is 0 Å². The minimum absolute atomic E-state index is 0.305. The fourth-order valence-corrected chi connectivity index (χ4v) is 3.21. The standard InChI is InChI=1S/C21H23N3O3/c1-24(15-20-22-21(27-23-20)16-11-13-25-14-12-16)18-9-5-6-10-19(18)26-17-7-3-2-4-8-17/h2-10,16H,11-15H2,1H3. The normalized spacial score (nSPS) is 14.9. The summed E-state index contributed by atoms with van der Waals surface area (Å²) < 4.78 is 16.9. The van der Waals surface area contributed by atoms with Crippen LogP contribution in [0.4, 0.5) is 5.69 Å². The summed E-state index contributed by atoms with van der Waals surface area (Å²) in [7, 11) is 2.00. The summed E-state index contributed by atoms with van der Waals surface area (Å²) in [4.78, 5) is 6.66. The molecule has 1 aliphatic rings. The highest BCUT2D eigenvalue weighted by molar-refractivity contribution is 5.59. The molecule has 4 rings (SSSR count). The van der Waals surface area contributed by atoms with E-state index >= 15 is 0 Å². The fourth-order valence-electron chi connectivity index (χ4n) is 3.21. The number of benzene rings is 2. The molecular formula is C21H23N3O3. The van der Waals surface area contributed by atoms with Crippen molar-refractivity contribution in [2.45, 2.75) is 25.3 Å². The first kappa shape index (κ1) is 17.5. The fraction of sp³-hybridized carbons (Fsp3) is 0.333. The maximum absolute atomic E-state index is 6.05. The Morgan fingerprint density at radius 1 is 1.04 bits per heavy atom. The quantitative estimate of drug-likeness (QED) is 0.645. The molecule has 6 nitrogen and oxygen atoms in total. The summed E-state index contributed by atoms with van der Waals surface area (Å²) in [5, 5.41) is 4.16. The zero-order valence-corrected chi connectivity index (χ0v) is 15.4. The summed E-state index contributed by atoms with van der Waals surface area (Å²) in [5.41, 5.74) is 0.971. The van der Waals surface area contributed by atoms with Crippen LogP contribution in [0.15, 0.2) is 59.1 Å². The molecule has 6 heteroatoms. The third-order valence-electron chi connectivity index (χ3n) is 4.68. The number of anilines is 1. The Labute approximate surface area is 158 Å². The third kappa shape index (κ3) is 4.28. The van der Waals surface area contributed by atoms with Crippen LogP contribution in [-0.4, -0.2) is 30.4 Å². The average Bonchev–Trinajstić information content (AvgIpc) is 3.18. The molecule has 0 radical (unpaired) electrons. The van der Waals surface area contributed by atoms with Crippen molar-refractivity contribution in [2.75, 3.05) is 25.2 Å².